The highest BCUT2D eigenvalue weighted by molar-refractivity contribution is 6.53. The van der Waals surface area contributed by atoms with Gasteiger partial charge in [0.05, 0.1) is 0 Å². The molecule has 0 spiro atoms. The molecule has 0 aromatic carbocycles. The summed E-state index contributed by atoms with van der Waals surface area (Å²) in [4.78, 5) is 25.4. The van der Waals surface area contributed by atoms with Gasteiger partial charge in [0.1, 0.15) is 9.75 Å². The lowest BCUT2D eigenvalue weighted by atomic mass is 9.48. The van der Waals surface area contributed by atoms with Crippen molar-refractivity contribution in [3.63, 3.8) is 0 Å². The second kappa shape index (κ2) is 4.88. The second-order valence-electron chi connectivity index (χ2n) is 8.82. The van der Waals surface area contributed by atoms with Gasteiger partial charge in [-0.05, 0) is 70.1 Å². The SMILES string of the molecule is CC(OC(=O)C1(C)CC1(Cl)Cl)C(=O)C12CC3CC(CC(C3)C1)C2. The number of esters is 1. The van der Waals surface area contributed by atoms with Crippen LogP contribution in [0.3, 0.4) is 0 Å². The Kier molecular flexibility index (Phi) is 3.44. The van der Waals surface area contributed by atoms with E-state index < -0.39 is 21.8 Å². The highest BCUT2D eigenvalue weighted by Crippen LogP contribution is 2.65. The molecule has 5 heteroatoms. The number of carbonyl (C=O) groups excluding carboxylic acids is 2. The summed E-state index contributed by atoms with van der Waals surface area (Å²) in [5, 5.41) is 0. The fourth-order valence-electron chi connectivity index (χ4n) is 5.81. The maximum Gasteiger partial charge on any atom is 0.315 e. The number of halogens is 2. The molecule has 2 unspecified atom stereocenters. The number of ether oxygens (including phenoxy) is 1. The van der Waals surface area contributed by atoms with Crippen molar-refractivity contribution in [1.29, 1.82) is 0 Å². The van der Waals surface area contributed by atoms with Crippen molar-refractivity contribution in [3.8, 4) is 0 Å². The smallest absolute Gasteiger partial charge is 0.315 e. The van der Waals surface area contributed by atoms with Crippen molar-refractivity contribution in [1.82, 2.24) is 0 Å². The summed E-state index contributed by atoms with van der Waals surface area (Å²) in [5.41, 5.74) is -1.11. The molecule has 3 nitrogen and oxygen atoms in total. The van der Waals surface area contributed by atoms with Gasteiger partial charge < -0.3 is 4.74 Å². The Bertz CT molecular complexity index is 535. The summed E-state index contributed by atoms with van der Waals surface area (Å²) < 4.78 is 4.46. The minimum Gasteiger partial charge on any atom is -0.454 e. The Morgan fingerprint density at radius 3 is 1.87 bits per heavy atom. The van der Waals surface area contributed by atoms with Gasteiger partial charge in [-0.2, -0.15) is 0 Å². The van der Waals surface area contributed by atoms with Gasteiger partial charge in [-0.25, -0.2) is 0 Å². The zero-order valence-electron chi connectivity index (χ0n) is 13.7. The van der Waals surface area contributed by atoms with Gasteiger partial charge in [0, 0.05) is 11.8 Å². The molecule has 5 rings (SSSR count). The van der Waals surface area contributed by atoms with Crippen LogP contribution in [0.25, 0.3) is 0 Å². The van der Waals surface area contributed by atoms with Crippen LogP contribution in [0, 0.1) is 28.6 Å². The third-order valence-corrected chi connectivity index (χ3v) is 8.02. The molecule has 0 N–H and O–H groups in total. The van der Waals surface area contributed by atoms with Crippen molar-refractivity contribution >= 4 is 35.0 Å². The van der Waals surface area contributed by atoms with E-state index in [2.05, 4.69) is 0 Å². The van der Waals surface area contributed by atoms with Gasteiger partial charge in [-0.15, -0.1) is 23.2 Å². The first-order valence-electron chi connectivity index (χ1n) is 8.78. The Morgan fingerprint density at radius 2 is 1.48 bits per heavy atom. The Labute approximate surface area is 147 Å². The summed E-state index contributed by atoms with van der Waals surface area (Å²) in [6, 6.07) is 0. The largest absolute Gasteiger partial charge is 0.454 e. The first-order chi connectivity index (χ1) is 10.7. The first kappa shape index (κ1) is 16.2. The van der Waals surface area contributed by atoms with Crippen molar-refractivity contribution in [3.05, 3.63) is 0 Å². The Morgan fingerprint density at radius 1 is 1.04 bits per heavy atom. The van der Waals surface area contributed by atoms with Crippen LogP contribution in [0.1, 0.15) is 58.8 Å². The monoisotopic (exact) mass is 358 g/mol. The zero-order valence-corrected chi connectivity index (χ0v) is 15.3. The average Bonchev–Trinajstić information content (AvgIpc) is 2.96. The zero-order chi connectivity index (χ0) is 16.6. The standard InChI is InChI=1S/C18H24Cl2O3/c1-10(23-15(22)16(2)9-18(16,19)20)14(21)17-6-11-3-12(7-17)5-13(4-11)8-17/h10-13H,3-9H2,1-2H3. The number of Topliss-reactive ketones (excluding diaryl/α,β-unsaturated/α-hetero) is 1. The van der Waals surface area contributed by atoms with E-state index >= 15 is 0 Å². The Hall–Kier alpha value is -0.280. The summed E-state index contributed by atoms with van der Waals surface area (Å²) in [6.07, 6.45) is 6.55. The number of rotatable bonds is 4. The molecule has 5 saturated carbocycles. The van der Waals surface area contributed by atoms with Gasteiger partial charge in [0.25, 0.3) is 0 Å². The fourth-order valence-corrected chi connectivity index (χ4v) is 6.50. The minimum atomic E-state index is -1.05. The lowest BCUT2D eigenvalue weighted by Gasteiger charge is -2.56. The van der Waals surface area contributed by atoms with Crippen molar-refractivity contribution in [2.24, 2.45) is 28.6 Å². The quantitative estimate of drug-likeness (QED) is 0.556. The van der Waals surface area contributed by atoms with E-state index in [4.69, 9.17) is 27.9 Å². The number of ketones is 1. The Balaban J connectivity index is 1.46. The van der Waals surface area contributed by atoms with Crippen LogP contribution in [-0.2, 0) is 14.3 Å². The number of hydrogen-bond donors (Lipinski definition) is 0. The van der Waals surface area contributed by atoms with Gasteiger partial charge in [0.15, 0.2) is 11.9 Å². The minimum absolute atomic E-state index is 0.129. The lowest BCUT2D eigenvalue weighted by molar-refractivity contribution is -0.168. The van der Waals surface area contributed by atoms with Crippen LogP contribution in [0.15, 0.2) is 0 Å². The molecule has 0 radical (unpaired) electrons. The van der Waals surface area contributed by atoms with E-state index in [1.807, 2.05) is 0 Å². The molecule has 2 atom stereocenters. The van der Waals surface area contributed by atoms with E-state index in [-0.39, 0.29) is 11.2 Å². The molecule has 0 aliphatic heterocycles. The predicted molar refractivity (Wildman–Crippen MR) is 88.3 cm³/mol. The van der Waals surface area contributed by atoms with E-state index in [1.165, 1.54) is 19.3 Å². The summed E-state index contributed by atoms with van der Waals surface area (Å²) in [7, 11) is 0. The molecule has 128 valence electrons. The first-order valence-corrected chi connectivity index (χ1v) is 9.54. The average molecular weight is 359 g/mol. The van der Waals surface area contributed by atoms with E-state index in [1.54, 1.807) is 13.8 Å². The number of hydrogen-bond acceptors (Lipinski definition) is 3. The summed E-state index contributed by atoms with van der Waals surface area (Å²) in [5.74, 6) is 1.80. The lowest BCUT2D eigenvalue weighted by Crippen LogP contribution is -2.53. The van der Waals surface area contributed by atoms with E-state index in [9.17, 15) is 9.59 Å². The molecule has 0 saturated heterocycles. The molecule has 5 aliphatic rings. The third kappa shape index (κ3) is 2.37. The third-order valence-electron chi connectivity index (χ3n) is 6.92. The van der Waals surface area contributed by atoms with Crippen LogP contribution in [0.4, 0.5) is 0 Å². The maximum atomic E-state index is 13.1. The molecule has 5 aliphatic carbocycles. The molecule has 0 heterocycles. The summed E-state index contributed by atoms with van der Waals surface area (Å²) in [6.45, 7) is 3.42. The highest BCUT2D eigenvalue weighted by atomic mass is 35.5. The van der Waals surface area contributed by atoms with Gasteiger partial charge >= 0.3 is 5.97 Å². The van der Waals surface area contributed by atoms with E-state index in [0.717, 1.165) is 19.3 Å². The van der Waals surface area contributed by atoms with Crippen LogP contribution >= 0.6 is 23.2 Å². The van der Waals surface area contributed by atoms with Crippen molar-refractivity contribution < 1.29 is 14.3 Å². The molecular weight excluding hydrogens is 335 g/mol. The molecule has 4 bridgehead atoms. The van der Waals surface area contributed by atoms with Gasteiger partial charge in [-0.1, -0.05) is 0 Å². The molecular formula is C18H24Cl2O3. The number of carbonyl (C=O) groups is 2. The van der Waals surface area contributed by atoms with Crippen LogP contribution in [0.5, 0.6) is 0 Å². The van der Waals surface area contributed by atoms with Crippen LogP contribution in [-0.4, -0.2) is 22.2 Å². The highest BCUT2D eigenvalue weighted by Gasteiger charge is 2.69. The van der Waals surface area contributed by atoms with Gasteiger partial charge in [0.2, 0.25) is 0 Å². The fraction of sp³-hybridized carbons (Fsp3) is 0.889. The van der Waals surface area contributed by atoms with Gasteiger partial charge in [-0.3, -0.25) is 9.59 Å². The normalized spacial score (nSPS) is 47.2. The van der Waals surface area contributed by atoms with Crippen molar-refractivity contribution in [2.45, 2.75) is 69.2 Å². The van der Waals surface area contributed by atoms with E-state index in [0.29, 0.717) is 24.2 Å². The second-order valence-corrected chi connectivity index (χ2v) is 10.3. The maximum absolute atomic E-state index is 13.1. The summed E-state index contributed by atoms with van der Waals surface area (Å²) >= 11 is 12.1. The molecule has 0 aromatic heterocycles. The van der Waals surface area contributed by atoms with Crippen LogP contribution < -0.4 is 0 Å². The predicted octanol–water partition coefficient (Wildman–Crippen LogP) is 4.29. The number of alkyl halides is 2. The van der Waals surface area contributed by atoms with Crippen molar-refractivity contribution in [2.75, 3.05) is 0 Å². The molecule has 0 amide bonds. The molecule has 23 heavy (non-hydrogen) atoms. The topological polar surface area (TPSA) is 43.4 Å². The molecule has 5 fully saturated rings. The van der Waals surface area contributed by atoms with Crippen LogP contribution in [0.2, 0.25) is 0 Å². The molecule has 0 aromatic rings.